The van der Waals surface area contributed by atoms with Gasteiger partial charge in [0.2, 0.25) is 0 Å². The zero-order valence-corrected chi connectivity index (χ0v) is 23.7. The van der Waals surface area contributed by atoms with Crippen LogP contribution in [0, 0.1) is 0 Å². The van der Waals surface area contributed by atoms with Gasteiger partial charge in [-0.3, -0.25) is 9.59 Å². The molecular formula is C32H32Cl2N2O3. The fourth-order valence-electron chi connectivity index (χ4n) is 4.41. The summed E-state index contributed by atoms with van der Waals surface area (Å²) in [5.74, 6) is 0.487. The molecule has 0 atom stereocenters. The minimum Gasteiger partial charge on any atom is -0.492 e. The Morgan fingerprint density at radius 1 is 0.821 bits per heavy atom. The van der Waals surface area contributed by atoms with Gasteiger partial charge in [0, 0.05) is 33.3 Å². The number of nitrogens with zero attached hydrogens (tertiary/aromatic N) is 2. The number of likely N-dealkylation sites (tertiary alicyclic amines) is 1. The minimum absolute atomic E-state index is 0.0825. The van der Waals surface area contributed by atoms with Gasteiger partial charge in [0.25, 0.3) is 5.91 Å². The van der Waals surface area contributed by atoms with Crippen LogP contribution < -0.4 is 4.74 Å². The maximum atomic E-state index is 13.6. The number of benzene rings is 3. The molecule has 1 amide bonds. The SMILES string of the molecule is CCN(CC)CCOc1ccc(C(=O)N2CC(=Cc3ccc(Cl)cc3)C(=O)C(=Cc3ccc(Cl)cc3)C2)cc1. The summed E-state index contributed by atoms with van der Waals surface area (Å²) in [5.41, 5.74) is 3.29. The first-order valence-corrected chi connectivity index (χ1v) is 13.8. The third-order valence-corrected chi connectivity index (χ3v) is 7.19. The maximum absolute atomic E-state index is 13.6. The van der Waals surface area contributed by atoms with Crippen LogP contribution in [0.3, 0.4) is 0 Å². The van der Waals surface area contributed by atoms with Crippen molar-refractivity contribution in [3.05, 3.63) is 111 Å². The van der Waals surface area contributed by atoms with Crippen LogP contribution >= 0.6 is 23.2 Å². The highest BCUT2D eigenvalue weighted by molar-refractivity contribution is 6.31. The zero-order chi connectivity index (χ0) is 27.8. The Morgan fingerprint density at radius 2 is 1.31 bits per heavy atom. The van der Waals surface area contributed by atoms with E-state index in [2.05, 4.69) is 18.7 Å². The Balaban J connectivity index is 1.55. The van der Waals surface area contributed by atoms with E-state index in [0.717, 1.165) is 36.5 Å². The van der Waals surface area contributed by atoms with Crippen molar-refractivity contribution in [3.63, 3.8) is 0 Å². The quantitative estimate of drug-likeness (QED) is 0.266. The topological polar surface area (TPSA) is 49.9 Å². The van der Waals surface area contributed by atoms with E-state index < -0.39 is 0 Å². The Bertz CT molecular complexity index is 1280. The molecule has 0 aliphatic carbocycles. The Morgan fingerprint density at radius 3 is 1.77 bits per heavy atom. The average molecular weight is 564 g/mol. The third-order valence-electron chi connectivity index (χ3n) is 6.69. The van der Waals surface area contributed by atoms with Crippen LogP contribution in [0.15, 0.2) is 83.9 Å². The molecule has 1 aliphatic heterocycles. The van der Waals surface area contributed by atoms with Gasteiger partial charge in [-0.25, -0.2) is 0 Å². The van der Waals surface area contributed by atoms with Crippen LogP contribution in [-0.4, -0.2) is 60.8 Å². The van der Waals surface area contributed by atoms with Crippen molar-refractivity contribution in [2.24, 2.45) is 0 Å². The highest BCUT2D eigenvalue weighted by atomic mass is 35.5. The number of ether oxygens (including phenoxy) is 1. The number of piperidine rings is 1. The molecule has 0 unspecified atom stereocenters. The molecule has 0 saturated carbocycles. The summed E-state index contributed by atoms with van der Waals surface area (Å²) in [6, 6.07) is 21.7. The van der Waals surface area contributed by atoms with Crippen molar-refractivity contribution in [1.29, 1.82) is 0 Å². The third kappa shape index (κ3) is 7.82. The summed E-state index contributed by atoms with van der Waals surface area (Å²) >= 11 is 12.1. The maximum Gasteiger partial charge on any atom is 0.254 e. The van der Waals surface area contributed by atoms with Crippen molar-refractivity contribution in [2.75, 3.05) is 39.3 Å². The molecular weight excluding hydrogens is 531 g/mol. The molecule has 0 radical (unpaired) electrons. The first kappa shape index (κ1) is 28.6. The van der Waals surface area contributed by atoms with Gasteiger partial charge in [-0.2, -0.15) is 0 Å². The summed E-state index contributed by atoms with van der Waals surface area (Å²) < 4.78 is 5.87. The van der Waals surface area contributed by atoms with E-state index in [1.807, 2.05) is 48.6 Å². The van der Waals surface area contributed by atoms with Crippen LogP contribution in [0.2, 0.25) is 10.0 Å². The van der Waals surface area contributed by atoms with Crippen molar-refractivity contribution >= 4 is 47.0 Å². The lowest BCUT2D eigenvalue weighted by molar-refractivity contribution is -0.113. The largest absolute Gasteiger partial charge is 0.492 e. The van der Waals surface area contributed by atoms with Crippen LogP contribution in [0.25, 0.3) is 12.2 Å². The number of likely N-dealkylation sites (N-methyl/N-ethyl adjacent to an activating group) is 1. The predicted molar refractivity (Wildman–Crippen MR) is 159 cm³/mol. The van der Waals surface area contributed by atoms with Gasteiger partial charge in [-0.1, -0.05) is 61.3 Å². The van der Waals surface area contributed by atoms with E-state index in [-0.39, 0.29) is 24.8 Å². The van der Waals surface area contributed by atoms with Crippen molar-refractivity contribution in [1.82, 2.24) is 9.80 Å². The van der Waals surface area contributed by atoms with Gasteiger partial charge >= 0.3 is 0 Å². The fourth-order valence-corrected chi connectivity index (χ4v) is 4.66. The van der Waals surface area contributed by atoms with Gasteiger partial charge in [-0.15, -0.1) is 0 Å². The van der Waals surface area contributed by atoms with Crippen LogP contribution in [0.1, 0.15) is 35.3 Å². The second-order valence-corrected chi connectivity index (χ2v) is 10.2. The normalized spacial score (nSPS) is 15.8. The molecule has 0 N–H and O–H groups in total. The monoisotopic (exact) mass is 562 g/mol. The second kappa shape index (κ2) is 13.6. The van der Waals surface area contributed by atoms with Gasteiger partial charge in [0.1, 0.15) is 12.4 Å². The van der Waals surface area contributed by atoms with E-state index in [1.165, 1.54) is 0 Å². The first-order valence-electron chi connectivity index (χ1n) is 13.1. The number of ketones is 1. The number of amides is 1. The zero-order valence-electron chi connectivity index (χ0n) is 22.2. The summed E-state index contributed by atoms with van der Waals surface area (Å²) in [6.45, 7) is 8.07. The average Bonchev–Trinajstić information content (AvgIpc) is 2.95. The first-order chi connectivity index (χ1) is 18.9. The lowest BCUT2D eigenvalue weighted by Crippen LogP contribution is -2.41. The summed E-state index contributed by atoms with van der Waals surface area (Å²) in [4.78, 5) is 31.0. The Kier molecular flexibility index (Phi) is 9.99. The van der Waals surface area contributed by atoms with Crippen molar-refractivity contribution in [2.45, 2.75) is 13.8 Å². The molecule has 0 spiro atoms. The van der Waals surface area contributed by atoms with E-state index in [0.29, 0.717) is 33.4 Å². The highest BCUT2D eigenvalue weighted by Gasteiger charge is 2.29. The van der Waals surface area contributed by atoms with Crippen LogP contribution in [0.4, 0.5) is 0 Å². The summed E-state index contributed by atoms with van der Waals surface area (Å²) in [6.07, 6.45) is 3.64. The number of carbonyl (C=O) groups excluding carboxylic acids is 2. The van der Waals surface area contributed by atoms with Crippen molar-refractivity contribution in [3.8, 4) is 5.75 Å². The lowest BCUT2D eigenvalue weighted by atomic mass is 9.93. The molecule has 3 aromatic carbocycles. The van der Waals surface area contributed by atoms with E-state index in [9.17, 15) is 9.59 Å². The Hall–Kier alpha value is -3.38. The molecule has 3 aromatic rings. The number of carbonyl (C=O) groups is 2. The van der Waals surface area contributed by atoms with E-state index in [4.69, 9.17) is 27.9 Å². The van der Waals surface area contributed by atoms with E-state index in [1.54, 1.807) is 41.3 Å². The molecule has 5 nitrogen and oxygen atoms in total. The number of Topliss-reactive ketones (excluding diaryl/α,β-unsaturated/α-hetero) is 1. The lowest BCUT2D eigenvalue weighted by Gasteiger charge is -2.30. The predicted octanol–water partition coefficient (Wildman–Crippen LogP) is 6.91. The molecule has 1 aliphatic rings. The molecule has 39 heavy (non-hydrogen) atoms. The number of halogens is 2. The molecule has 0 aromatic heterocycles. The van der Waals surface area contributed by atoms with Crippen LogP contribution in [0.5, 0.6) is 5.75 Å². The van der Waals surface area contributed by atoms with Crippen molar-refractivity contribution < 1.29 is 14.3 Å². The number of rotatable bonds is 9. The smallest absolute Gasteiger partial charge is 0.254 e. The standard InChI is InChI=1S/C32H32Cl2N2O3/c1-3-35(4-2)17-18-39-30-15-9-25(10-16-30)32(38)36-21-26(19-23-5-11-28(33)12-6-23)31(37)27(22-36)20-24-7-13-29(34)14-8-24/h5-16,19-20H,3-4,17-18,21-22H2,1-2H3. The highest BCUT2D eigenvalue weighted by Crippen LogP contribution is 2.25. The minimum atomic E-state index is -0.152. The van der Waals surface area contributed by atoms with Gasteiger partial charge in [-0.05, 0) is 84.9 Å². The van der Waals surface area contributed by atoms with Gasteiger partial charge in [0.15, 0.2) is 5.78 Å². The molecule has 202 valence electrons. The number of hydrogen-bond acceptors (Lipinski definition) is 4. The molecule has 0 bridgehead atoms. The second-order valence-electron chi connectivity index (χ2n) is 9.33. The number of hydrogen-bond donors (Lipinski definition) is 0. The molecule has 7 heteroatoms. The van der Waals surface area contributed by atoms with Crippen LogP contribution in [-0.2, 0) is 4.79 Å². The van der Waals surface area contributed by atoms with Gasteiger partial charge in [0.05, 0.1) is 13.1 Å². The molecule has 1 heterocycles. The molecule has 1 saturated heterocycles. The summed E-state index contributed by atoms with van der Waals surface area (Å²) in [7, 11) is 0. The molecule has 1 fully saturated rings. The van der Waals surface area contributed by atoms with E-state index >= 15 is 0 Å². The fraction of sp³-hybridized carbons (Fsp3) is 0.250. The van der Waals surface area contributed by atoms with Gasteiger partial charge < -0.3 is 14.5 Å². The Labute approximate surface area is 240 Å². The molecule has 4 rings (SSSR count). The summed E-state index contributed by atoms with van der Waals surface area (Å²) in [5, 5.41) is 1.24.